The predicted molar refractivity (Wildman–Crippen MR) is 126 cm³/mol. The van der Waals surface area contributed by atoms with Gasteiger partial charge >= 0.3 is 0 Å². The Balaban J connectivity index is 1.20. The van der Waals surface area contributed by atoms with E-state index in [-0.39, 0.29) is 18.2 Å². The Morgan fingerprint density at radius 2 is 1.97 bits per heavy atom. The smallest absolute Gasteiger partial charge is 0.269 e. The third-order valence-electron chi connectivity index (χ3n) is 6.45. The van der Waals surface area contributed by atoms with E-state index in [0.717, 1.165) is 35.2 Å². The van der Waals surface area contributed by atoms with E-state index >= 15 is 0 Å². The summed E-state index contributed by atoms with van der Waals surface area (Å²) < 4.78 is 5.92. The van der Waals surface area contributed by atoms with Crippen LogP contribution >= 0.6 is 11.3 Å². The molecule has 1 amide bonds. The van der Waals surface area contributed by atoms with E-state index in [2.05, 4.69) is 21.8 Å². The van der Waals surface area contributed by atoms with Crippen molar-refractivity contribution in [2.45, 2.75) is 26.2 Å². The van der Waals surface area contributed by atoms with Crippen LogP contribution in [0.15, 0.2) is 30.6 Å². The lowest BCUT2D eigenvalue weighted by atomic mass is 9.89. The first-order valence-electron chi connectivity index (χ1n) is 11.1. The second-order valence-corrected chi connectivity index (χ2v) is 9.72. The van der Waals surface area contributed by atoms with E-state index in [0.29, 0.717) is 38.0 Å². The van der Waals surface area contributed by atoms with Crippen LogP contribution in [0.3, 0.4) is 0 Å². The molecule has 2 aromatic heterocycles. The van der Waals surface area contributed by atoms with E-state index in [1.54, 1.807) is 28.4 Å². The Hall–Kier alpha value is -3.27. The van der Waals surface area contributed by atoms with Crippen LogP contribution in [0.1, 0.15) is 23.8 Å². The molecule has 1 unspecified atom stereocenters. The van der Waals surface area contributed by atoms with Crippen LogP contribution in [0.5, 0.6) is 5.88 Å². The van der Waals surface area contributed by atoms with Gasteiger partial charge in [0.25, 0.3) is 11.6 Å². The lowest BCUT2D eigenvalue weighted by molar-refractivity contribution is -0.384. The number of hydrogen-bond acceptors (Lipinski definition) is 8. The fraction of sp³-hybridized carbons (Fsp3) is 0.435. The molecule has 0 radical (unpaired) electrons. The van der Waals surface area contributed by atoms with Gasteiger partial charge in [0.2, 0.25) is 5.88 Å². The summed E-state index contributed by atoms with van der Waals surface area (Å²) in [5.41, 5.74) is 2.28. The van der Waals surface area contributed by atoms with Crippen molar-refractivity contribution in [3.63, 3.8) is 0 Å². The Labute approximate surface area is 195 Å². The van der Waals surface area contributed by atoms with Gasteiger partial charge in [-0.15, -0.1) is 11.3 Å². The number of thiophene rings is 1. The Morgan fingerprint density at radius 1 is 1.21 bits per heavy atom. The van der Waals surface area contributed by atoms with Crippen LogP contribution in [-0.2, 0) is 17.6 Å². The summed E-state index contributed by atoms with van der Waals surface area (Å²) in [7, 11) is 0. The molecule has 1 aliphatic heterocycles. The molecule has 10 heteroatoms. The topological polar surface area (TPSA) is 102 Å². The average Bonchev–Trinajstić information content (AvgIpc) is 3.20. The molecule has 172 valence electrons. The highest BCUT2D eigenvalue weighted by Gasteiger charge is 2.25. The number of nitro groups is 1. The number of carbonyl (C=O) groups excluding carboxylic acids is 1. The normalized spacial score (nSPS) is 18.3. The highest BCUT2D eigenvalue weighted by atomic mass is 32.1. The molecule has 0 N–H and O–H groups in total. The van der Waals surface area contributed by atoms with Gasteiger partial charge in [-0.3, -0.25) is 14.9 Å². The molecule has 2 aliphatic rings. The number of nitrogens with zero attached hydrogens (tertiary/aromatic N) is 5. The van der Waals surface area contributed by atoms with Gasteiger partial charge in [-0.25, -0.2) is 9.97 Å². The summed E-state index contributed by atoms with van der Waals surface area (Å²) in [6.45, 7) is 4.70. The highest BCUT2D eigenvalue weighted by molar-refractivity contribution is 7.18. The number of carbonyl (C=O) groups is 1. The van der Waals surface area contributed by atoms with E-state index in [9.17, 15) is 14.9 Å². The maximum Gasteiger partial charge on any atom is 0.269 e. The zero-order chi connectivity index (χ0) is 22.9. The monoisotopic (exact) mass is 467 g/mol. The number of fused-ring (bicyclic) bond motifs is 3. The van der Waals surface area contributed by atoms with Crippen molar-refractivity contribution in [2.75, 3.05) is 37.7 Å². The lowest BCUT2D eigenvalue weighted by Gasteiger charge is -2.36. The number of nitro benzene ring substituents is 1. The molecule has 1 fully saturated rings. The molecule has 9 nitrogen and oxygen atoms in total. The first kappa shape index (κ1) is 21.6. The van der Waals surface area contributed by atoms with Gasteiger partial charge < -0.3 is 14.5 Å². The van der Waals surface area contributed by atoms with Crippen molar-refractivity contribution in [2.24, 2.45) is 5.92 Å². The second-order valence-electron chi connectivity index (χ2n) is 8.64. The minimum absolute atomic E-state index is 0.0509. The van der Waals surface area contributed by atoms with Crippen molar-refractivity contribution >= 4 is 38.8 Å². The third-order valence-corrected chi connectivity index (χ3v) is 7.61. The molecule has 3 aromatic rings. The van der Waals surface area contributed by atoms with Gasteiger partial charge in [0.1, 0.15) is 11.2 Å². The van der Waals surface area contributed by atoms with E-state index in [1.165, 1.54) is 28.9 Å². The molecule has 0 bridgehead atoms. The van der Waals surface area contributed by atoms with E-state index < -0.39 is 4.92 Å². The number of non-ortho nitro benzene ring substituents is 1. The number of aryl methyl sites for hydroxylation is 1. The van der Waals surface area contributed by atoms with Crippen molar-refractivity contribution in [1.82, 2.24) is 14.9 Å². The Morgan fingerprint density at radius 3 is 2.70 bits per heavy atom. The van der Waals surface area contributed by atoms with Crippen molar-refractivity contribution in [3.05, 3.63) is 51.1 Å². The summed E-state index contributed by atoms with van der Waals surface area (Å²) in [5, 5.41) is 11.8. The molecule has 3 heterocycles. The summed E-state index contributed by atoms with van der Waals surface area (Å²) >= 11 is 1.71. The van der Waals surface area contributed by atoms with Gasteiger partial charge in [-0.1, -0.05) is 6.92 Å². The maximum absolute atomic E-state index is 12.8. The number of amides is 1. The number of anilines is 1. The molecule has 0 spiro atoms. The summed E-state index contributed by atoms with van der Waals surface area (Å²) in [6, 6.07) is 6.52. The molecule has 1 saturated heterocycles. The predicted octanol–water partition coefficient (Wildman–Crippen LogP) is 3.45. The van der Waals surface area contributed by atoms with Gasteiger partial charge in [-0.2, -0.15) is 0 Å². The molecular formula is C23H25N5O4S. The SMILES string of the molecule is CC1CCc2c(sc3ncnc(OCC(=O)N4CCN(c5ccc([N+](=O)[O-])cc5)CC4)c23)C1. The van der Waals surface area contributed by atoms with Crippen molar-refractivity contribution in [1.29, 1.82) is 0 Å². The number of hydrogen-bond donors (Lipinski definition) is 0. The quantitative estimate of drug-likeness (QED) is 0.418. The fourth-order valence-electron chi connectivity index (χ4n) is 4.58. The molecule has 1 aromatic carbocycles. The number of benzene rings is 1. The maximum atomic E-state index is 12.8. The van der Waals surface area contributed by atoms with Crippen molar-refractivity contribution < 1.29 is 14.5 Å². The first-order chi connectivity index (χ1) is 16.0. The summed E-state index contributed by atoms with van der Waals surface area (Å²) in [5.74, 6) is 1.11. The second kappa shape index (κ2) is 8.93. The minimum atomic E-state index is -0.405. The average molecular weight is 468 g/mol. The zero-order valence-electron chi connectivity index (χ0n) is 18.4. The number of piperazine rings is 1. The van der Waals surface area contributed by atoms with Gasteiger partial charge in [0.15, 0.2) is 6.61 Å². The Bertz CT molecular complexity index is 1190. The summed E-state index contributed by atoms with van der Waals surface area (Å²) in [6.07, 6.45) is 4.72. The molecule has 5 rings (SSSR count). The molecular weight excluding hydrogens is 442 g/mol. The molecule has 1 aliphatic carbocycles. The standard InChI is InChI=1S/C23H25N5O4S/c1-15-2-7-18-19(12-15)33-23-21(18)22(24-14-25-23)32-13-20(29)27-10-8-26(9-11-27)16-3-5-17(6-4-16)28(30)31/h3-6,14-15H,2,7-13H2,1H3. The molecule has 1 atom stereocenters. The number of aromatic nitrogens is 2. The van der Waals surface area contributed by atoms with E-state index in [4.69, 9.17) is 4.74 Å². The molecule has 0 saturated carbocycles. The first-order valence-corrected chi connectivity index (χ1v) is 12.0. The van der Waals surface area contributed by atoms with Gasteiger partial charge in [-0.05, 0) is 42.9 Å². The zero-order valence-corrected chi connectivity index (χ0v) is 19.2. The van der Waals surface area contributed by atoms with Crippen LogP contribution < -0.4 is 9.64 Å². The largest absolute Gasteiger partial charge is 0.467 e. The van der Waals surface area contributed by atoms with Crippen LogP contribution in [0.4, 0.5) is 11.4 Å². The van der Waals surface area contributed by atoms with Crippen LogP contribution in [0, 0.1) is 16.0 Å². The fourth-order valence-corrected chi connectivity index (χ4v) is 5.92. The number of ether oxygens (including phenoxy) is 1. The van der Waals surface area contributed by atoms with Crippen LogP contribution in [0.2, 0.25) is 0 Å². The van der Waals surface area contributed by atoms with Gasteiger partial charge in [0, 0.05) is 48.9 Å². The minimum Gasteiger partial charge on any atom is -0.467 e. The number of rotatable bonds is 5. The third kappa shape index (κ3) is 4.35. The van der Waals surface area contributed by atoms with Crippen LogP contribution in [-0.4, -0.2) is 58.5 Å². The van der Waals surface area contributed by atoms with Crippen molar-refractivity contribution in [3.8, 4) is 5.88 Å². The van der Waals surface area contributed by atoms with E-state index in [1.807, 2.05) is 0 Å². The van der Waals surface area contributed by atoms with Crippen LogP contribution in [0.25, 0.3) is 10.2 Å². The lowest BCUT2D eigenvalue weighted by Crippen LogP contribution is -2.50. The highest BCUT2D eigenvalue weighted by Crippen LogP contribution is 2.40. The summed E-state index contributed by atoms with van der Waals surface area (Å²) in [4.78, 5) is 38.2. The molecule has 33 heavy (non-hydrogen) atoms. The van der Waals surface area contributed by atoms with Gasteiger partial charge in [0.05, 0.1) is 10.3 Å². The Kier molecular flexibility index (Phi) is 5.84.